The van der Waals surface area contributed by atoms with Gasteiger partial charge in [0.1, 0.15) is 0 Å². The lowest BCUT2D eigenvalue weighted by Gasteiger charge is -2.29. The van der Waals surface area contributed by atoms with E-state index in [0.29, 0.717) is 42.2 Å². The lowest BCUT2D eigenvalue weighted by molar-refractivity contribution is -0.124. The molecule has 1 aliphatic heterocycles. The lowest BCUT2D eigenvalue weighted by Crippen LogP contribution is -2.52. The third-order valence-corrected chi connectivity index (χ3v) is 7.03. The molecule has 7 nitrogen and oxygen atoms in total. The zero-order valence-corrected chi connectivity index (χ0v) is 19.0. The molecule has 0 aromatic rings. The molecule has 1 saturated heterocycles. The number of nitrogens with zero attached hydrogens (tertiary/aromatic N) is 2. The van der Waals surface area contributed by atoms with Crippen molar-refractivity contribution < 1.29 is 4.79 Å². The van der Waals surface area contributed by atoms with Gasteiger partial charge in [0.15, 0.2) is 5.96 Å². The summed E-state index contributed by atoms with van der Waals surface area (Å²) < 4.78 is 0. The van der Waals surface area contributed by atoms with Crippen LogP contribution in [0.2, 0.25) is 0 Å². The third-order valence-electron chi connectivity index (χ3n) is 6.60. The van der Waals surface area contributed by atoms with Gasteiger partial charge in [-0.05, 0) is 63.2 Å². The minimum absolute atomic E-state index is 0.0111. The summed E-state index contributed by atoms with van der Waals surface area (Å²) >= 11 is 6.26. The van der Waals surface area contributed by atoms with E-state index in [1.54, 1.807) is 0 Å². The van der Waals surface area contributed by atoms with Crippen molar-refractivity contribution in [2.24, 2.45) is 28.7 Å². The minimum atomic E-state index is -0.109. The second-order valence-electron chi connectivity index (χ2n) is 9.60. The molecule has 168 valence electrons. The van der Waals surface area contributed by atoms with Gasteiger partial charge in [-0.15, -0.1) is 11.6 Å². The fraction of sp³-hybridized carbons (Fsp3) is 0.864. The third kappa shape index (κ3) is 6.83. The molecule has 2 aliphatic carbocycles. The summed E-state index contributed by atoms with van der Waals surface area (Å²) in [7, 11) is 0. The maximum absolute atomic E-state index is 12.8. The first kappa shape index (κ1) is 23.3. The van der Waals surface area contributed by atoms with Crippen molar-refractivity contribution in [3.05, 3.63) is 0 Å². The average Bonchev–Trinajstić information content (AvgIpc) is 3.21. The molecule has 0 aromatic carbocycles. The molecule has 4 unspecified atom stereocenters. The predicted octanol–water partition coefficient (Wildman–Crippen LogP) is 3.02. The molecule has 0 spiro atoms. The fourth-order valence-electron chi connectivity index (χ4n) is 4.79. The van der Waals surface area contributed by atoms with E-state index in [9.17, 15) is 10.1 Å². The topological polar surface area (TPSA) is 101 Å². The number of hydrogen-bond donors (Lipinski definition) is 4. The number of nitriles is 1. The van der Waals surface area contributed by atoms with Gasteiger partial charge in [-0.3, -0.25) is 20.5 Å². The van der Waals surface area contributed by atoms with Crippen LogP contribution in [0.3, 0.4) is 0 Å². The van der Waals surface area contributed by atoms with Crippen LogP contribution in [0.4, 0.5) is 0 Å². The van der Waals surface area contributed by atoms with Crippen molar-refractivity contribution in [2.75, 3.05) is 6.54 Å². The van der Waals surface area contributed by atoms with Crippen molar-refractivity contribution in [1.29, 1.82) is 5.26 Å². The number of amides is 1. The Hall–Kier alpha value is -1.36. The molecule has 3 aliphatic rings. The zero-order valence-electron chi connectivity index (χ0n) is 18.3. The Bertz CT molecular complexity index is 640. The standard InChI is InChI=1S/C22H37ClN6O/c1-14(2)13-25-22(27-21(30)17-5-3-4-15(10-17)12-24)26-20-11-19(28-29-20)16-6-8-18(23)9-7-16/h14-20,28-29H,3-11,13H2,1-2H3,(H2,25,26,27,30). The Kier molecular flexibility index (Phi) is 8.79. The second kappa shape index (κ2) is 11.3. The predicted molar refractivity (Wildman–Crippen MR) is 120 cm³/mol. The number of rotatable bonds is 5. The summed E-state index contributed by atoms with van der Waals surface area (Å²) in [6.07, 6.45) is 8.78. The largest absolute Gasteiger partial charge is 0.339 e. The second-order valence-corrected chi connectivity index (χ2v) is 10.2. The van der Waals surface area contributed by atoms with Crippen LogP contribution in [-0.2, 0) is 4.79 Å². The van der Waals surface area contributed by atoms with E-state index < -0.39 is 0 Å². The van der Waals surface area contributed by atoms with Crippen LogP contribution in [0.25, 0.3) is 0 Å². The normalized spacial score (nSPS) is 35.1. The Morgan fingerprint density at radius 1 is 1.17 bits per heavy atom. The number of halogens is 1. The van der Waals surface area contributed by atoms with Gasteiger partial charge in [-0.25, -0.2) is 5.43 Å². The average molecular weight is 437 g/mol. The van der Waals surface area contributed by atoms with Crippen LogP contribution in [0, 0.1) is 35.0 Å². The number of guanidine groups is 1. The first-order valence-corrected chi connectivity index (χ1v) is 12.0. The molecule has 2 saturated carbocycles. The molecular formula is C22H37ClN6O. The van der Waals surface area contributed by atoms with E-state index >= 15 is 0 Å². The van der Waals surface area contributed by atoms with Gasteiger partial charge in [0.25, 0.3) is 0 Å². The van der Waals surface area contributed by atoms with Crippen molar-refractivity contribution in [2.45, 2.75) is 89.2 Å². The maximum atomic E-state index is 12.8. The number of aliphatic imine (C=N–C) groups is 1. The summed E-state index contributed by atoms with van der Waals surface area (Å²) in [5, 5.41) is 16.0. The number of carbonyl (C=O) groups is 1. The number of alkyl halides is 1. The molecular weight excluding hydrogens is 400 g/mol. The number of carbonyl (C=O) groups excluding carboxylic acids is 1. The molecule has 1 heterocycles. The minimum Gasteiger partial charge on any atom is -0.339 e. The fourth-order valence-corrected chi connectivity index (χ4v) is 5.04. The quantitative estimate of drug-likeness (QED) is 0.301. The van der Waals surface area contributed by atoms with Crippen LogP contribution in [-0.4, -0.2) is 36.0 Å². The number of hydrazine groups is 1. The van der Waals surface area contributed by atoms with Crippen LogP contribution < -0.4 is 21.5 Å². The van der Waals surface area contributed by atoms with Crippen molar-refractivity contribution in [3.8, 4) is 6.07 Å². The van der Waals surface area contributed by atoms with E-state index in [4.69, 9.17) is 11.6 Å². The van der Waals surface area contributed by atoms with Crippen LogP contribution in [0.1, 0.15) is 71.6 Å². The highest BCUT2D eigenvalue weighted by atomic mass is 35.5. The Labute approximate surface area is 185 Å². The van der Waals surface area contributed by atoms with Gasteiger partial charge in [-0.2, -0.15) is 5.26 Å². The van der Waals surface area contributed by atoms with E-state index in [-0.39, 0.29) is 23.9 Å². The molecule has 8 heteroatoms. The lowest BCUT2D eigenvalue weighted by atomic mass is 9.82. The SMILES string of the molecule is CC(C)CN=C(NC(=O)C1CCCC(C#N)C1)NC1CC(C2CCC(Cl)CC2)NN1. The summed E-state index contributed by atoms with van der Waals surface area (Å²) in [6.45, 7) is 4.87. The summed E-state index contributed by atoms with van der Waals surface area (Å²) in [5.41, 5.74) is 6.77. The maximum Gasteiger partial charge on any atom is 0.229 e. The van der Waals surface area contributed by atoms with Gasteiger partial charge in [0.2, 0.25) is 5.91 Å². The smallest absolute Gasteiger partial charge is 0.229 e. The van der Waals surface area contributed by atoms with Crippen LogP contribution >= 0.6 is 11.6 Å². The molecule has 0 radical (unpaired) electrons. The van der Waals surface area contributed by atoms with E-state index in [1.165, 1.54) is 0 Å². The summed E-state index contributed by atoms with van der Waals surface area (Å²) in [4.78, 5) is 17.5. The van der Waals surface area contributed by atoms with Crippen molar-refractivity contribution >= 4 is 23.5 Å². The van der Waals surface area contributed by atoms with E-state index in [1.807, 2.05) is 0 Å². The van der Waals surface area contributed by atoms with Gasteiger partial charge in [-0.1, -0.05) is 20.3 Å². The Morgan fingerprint density at radius 3 is 2.63 bits per heavy atom. The molecule has 3 fully saturated rings. The molecule has 4 N–H and O–H groups in total. The first-order valence-electron chi connectivity index (χ1n) is 11.6. The molecule has 3 rings (SSSR count). The van der Waals surface area contributed by atoms with Crippen LogP contribution in [0.5, 0.6) is 0 Å². The van der Waals surface area contributed by atoms with Gasteiger partial charge >= 0.3 is 0 Å². The highest BCUT2D eigenvalue weighted by molar-refractivity contribution is 6.20. The number of nitrogens with one attached hydrogen (secondary N) is 4. The van der Waals surface area contributed by atoms with Crippen molar-refractivity contribution in [3.63, 3.8) is 0 Å². The molecule has 4 atom stereocenters. The van der Waals surface area contributed by atoms with Crippen molar-refractivity contribution in [1.82, 2.24) is 21.5 Å². The molecule has 0 bridgehead atoms. The summed E-state index contributed by atoms with van der Waals surface area (Å²) in [6, 6.07) is 2.73. The highest BCUT2D eigenvalue weighted by Gasteiger charge is 2.34. The Morgan fingerprint density at radius 2 is 1.93 bits per heavy atom. The van der Waals surface area contributed by atoms with Gasteiger partial charge < -0.3 is 5.32 Å². The van der Waals surface area contributed by atoms with Crippen LogP contribution in [0.15, 0.2) is 4.99 Å². The monoisotopic (exact) mass is 436 g/mol. The van der Waals surface area contributed by atoms with Gasteiger partial charge in [0.05, 0.1) is 12.2 Å². The van der Waals surface area contributed by atoms with E-state index in [0.717, 1.165) is 51.4 Å². The highest BCUT2D eigenvalue weighted by Crippen LogP contribution is 2.32. The number of hydrogen-bond acceptors (Lipinski definition) is 5. The first-order chi connectivity index (χ1) is 14.4. The molecule has 30 heavy (non-hydrogen) atoms. The van der Waals surface area contributed by atoms with Gasteiger partial charge in [0, 0.05) is 29.8 Å². The zero-order chi connectivity index (χ0) is 21.5. The van der Waals surface area contributed by atoms with E-state index in [2.05, 4.69) is 46.4 Å². The molecule has 1 amide bonds. The molecule has 0 aromatic heterocycles. The Balaban J connectivity index is 1.54. The summed E-state index contributed by atoms with van der Waals surface area (Å²) in [5.74, 6) is 1.44.